The second kappa shape index (κ2) is 6.43. The van der Waals surface area contributed by atoms with E-state index in [1.165, 1.54) is 12.2 Å². The van der Waals surface area contributed by atoms with E-state index in [2.05, 4.69) is 12.2 Å². The lowest BCUT2D eigenvalue weighted by molar-refractivity contribution is -0.120. The van der Waals surface area contributed by atoms with Gasteiger partial charge < -0.3 is 25.1 Å². The molecule has 6 nitrogen and oxygen atoms in total. The lowest BCUT2D eigenvalue weighted by Crippen LogP contribution is -2.56. The predicted molar refractivity (Wildman–Crippen MR) is 76.4 cm³/mol. The SMILES string of the molecule is CC1CC1c1ccc(/C=C/C(=O)NC(CO)(CO)CO)o1. The van der Waals surface area contributed by atoms with Crippen LogP contribution in [0.2, 0.25) is 0 Å². The Hall–Kier alpha value is -1.63. The van der Waals surface area contributed by atoms with Crippen LogP contribution in [-0.4, -0.2) is 46.6 Å². The van der Waals surface area contributed by atoms with Crippen molar-refractivity contribution in [1.29, 1.82) is 0 Å². The number of hydrogen-bond acceptors (Lipinski definition) is 5. The monoisotopic (exact) mass is 295 g/mol. The molecule has 116 valence electrons. The zero-order valence-electron chi connectivity index (χ0n) is 12.0. The van der Waals surface area contributed by atoms with E-state index in [0.29, 0.717) is 17.6 Å². The van der Waals surface area contributed by atoms with E-state index >= 15 is 0 Å². The first-order valence-corrected chi connectivity index (χ1v) is 6.96. The third-order valence-electron chi connectivity index (χ3n) is 3.82. The highest BCUT2D eigenvalue weighted by Gasteiger charge is 2.36. The van der Waals surface area contributed by atoms with Crippen LogP contribution in [0.25, 0.3) is 6.08 Å². The third-order valence-corrected chi connectivity index (χ3v) is 3.82. The van der Waals surface area contributed by atoms with Gasteiger partial charge in [-0.15, -0.1) is 0 Å². The van der Waals surface area contributed by atoms with Crippen molar-refractivity contribution in [3.63, 3.8) is 0 Å². The highest BCUT2D eigenvalue weighted by atomic mass is 16.3. The zero-order valence-corrected chi connectivity index (χ0v) is 12.0. The summed E-state index contributed by atoms with van der Waals surface area (Å²) in [6, 6.07) is 3.70. The fourth-order valence-corrected chi connectivity index (χ4v) is 2.11. The molecule has 0 saturated heterocycles. The highest BCUT2D eigenvalue weighted by molar-refractivity contribution is 5.91. The molecule has 21 heavy (non-hydrogen) atoms. The predicted octanol–water partition coefficient (Wildman–Crippen LogP) is 0.248. The lowest BCUT2D eigenvalue weighted by atomic mass is 10.0. The number of carbonyl (C=O) groups is 1. The van der Waals surface area contributed by atoms with Crippen molar-refractivity contribution < 1.29 is 24.5 Å². The van der Waals surface area contributed by atoms with Gasteiger partial charge in [-0.25, -0.2) is 0 Å². The molecule has 0 aliphatic heterocycles. The van der Waals surface area contributed by atoms with Gasteiger partial charge >= 0.3 is 0 Å². The summed E-state index contributed by atoms with van der Waals surface area (Å²) in [7, 11) is 0. The number of amides is 1. The number of aliphatic hydroxyl groups is 3. The molecule has 1 heterocycles. The van der Waals surface area contributed by atoms with Crippen LogP contribution in [0.5, 0.6) is 0 Å². The maximum Gasteiger partial charge on any atom is 0.244 e. The summed E-state index contributed by atoms with van der Waals surface area (Å²) in [5, 5.41) is 29.8. The minimum Gasteiger partial charge on any atom is -0.461 e. The van der Waals surface area contributed by atoms with Crippen molar-refractivity contribution >= 4 is 12.0 Å². The van der Waals surface area contributed by atoms with E-state index in [0.717, 1.165) is 12.2 Å². The summed E-state index contributed by atoms with van der Waals surface area (Å²) >= 11 is 0. The quantitative estimate of drug-likeness (QED) is 0.540. The van der Waals surface area contributed by atoms with Crippen LogP contribution < -0.4 is 5.32 Å². The summed E-state index contributed by atoms with van der Waals surface area (Å²) in [5.41, 5.74) is -1.42. The molecule has 1 fully saturated rings. The van der Waals surface area contributed by atoms with E-state index in [9.17, 15) is 4.79 Å². The van der Waals surface area contributed by atoms with Gasteiger partial charge in [0, 0.05) is 12.0 Å². The van der Waals surface area contributed by atoms with E-state index in [-0.39, 0.29) is 0 Å². The van der Waals surface area contributed by atoms with Crippen LogP contribution in [0, 0.1) is 5.92 Å². The van der Waals surface area contributed by atoms with Gasteiger partial charge in [-0.05, 0) is 30.5 Å². The average molecular weight is 295 g/mol. The van der Waals surface area contributed by atoms with Gasteiger partial charge in [0.15, 0.2) is 0 Å². The summed E-state index contributed by atoms with van der Waals surface area (Å²) in [4.78, 5) is 11.7. The summed E-state index contributed by atoms with van der Waals surface area (Å²) in [6.45, 7) is 0.506. The fraction of sp³-hybridized carbons (Fsp3) is 0.533. The van der Waals surface area contributed by atoms with Crippen molar-refractivity contribution in [2.24, 2.45) is 5.92 Å². The van der Waals surface area contributed by atoms with Crippen molar-refractivity contribution in [3.8, 4) is 0 Å². The van der Waals surface area contributed by atoms with Gasteiger partial charge in [-0.2, -0.15) is 0 Å². The molecule has 1 aliphatic carbocycles. The Morgan fingerprint density at radius 1 is 1.38 bits per heavy atom. The Labute approximate surface area is 123 Å². The first kappa shape index (κ1) is 15.8. The Balaban J connectivity index is 1.94. The number of nitrogens with one attached hydrogen (secondary N) is 1. The number of furan rings is 1. The highest BCUT2D eigenvalue weighted by Crippen LogP contribution is 2.47. The van der Waals surface area contributed by atoms with Crippen LogP contribution >= 0.6 is 0 Å². The van der Waals surface area contributed by atoms with E-state index in [4.69, 9.17) is 19.7 Å². The maximum atomic E-state index is 11.7. The van der Waals surface area contributed by atoms with Crippen LogP contribution in [0.15, 0.2) is 22.6 Å². The van der Waals surface area contributed by atoms with Crippen LogP contribution in [-0.2, 0) is 4.79 Å². The molecule has 2 rings (SSSR count). The van der Waals surface area contributed by atoms with Crippen molar-refractivity contribution in [2.75, 3.05) is 19.8 Å². The molecule has 1 aliphatic rings. The Morgan fingerprint density at radius 3 is 2.52 bits per heavy atom. The van der Waals surface area contributed by atoms with Gasteiger partial charge in [0.25, 0.3) is 0 Å². The first-order chi connectivity index (χ1) is 10.0. The zero-order chi connectivity index (χ0) is 15.5. The van der Waals surface area contributed by atoms with E-state index in [1.54, 1.807) is 6.07 Å². The molecule has 0 radical (unpaired) electrons. The molecule has 4 N–H and O–H groups in total. The van der Waals surface area contributed by atoms with Crippen molar-refractivity contribution in [2.45, 2.75) is 24.8 Å². The molecular weight excluding hydrogens is 274 g/mol. The molecule has 2 unspecified atom stereocenters. The van der Waals surface area contributed by atoms with E-state index in [1.807, 2.05) is 6.07 Å². The molecule has 0 aromatic carbocycles. The fourth-order valence-electron chi connectivity index (χ4n) is 2.11. The minimum atomic E-state index is -1.42. The Morgan fingerprint density at radius 2 is 2.00 bits per heavy atom. The van der Waals surface area contributed by atoms with Gasteiger partial charge in [0.1, 0.15) is 17.1 Å². The number of carbonyl (C=O) groups excluding carboxylic acids is 1. The Bertz CT molecular complexity index is 510. The molecule has 1 saturated carbocycles. The lowest BCUT2D eigenvalue weighted by Gasteiger charge is -2.27. The number of rotatable bonds is 7. The standard InChI is InChI=1S/C15H21NO5/c1-10-6-12(10)13-4-2-11(21-13)3-5-14(20)16-15(7-17,8-18)9-19/h2-5,10,12,17-19H,6-9H2,1H3,(H,16,20)/b5-3+. The minimum absolute atomic E-state index is 0.479. The second-order valence-electron chi connectivity index (χ2n) is 5.64. The van der Waals surface area contributed by atoms with Gasteiger partial charge in [-0.1, -0.05) is 6.92 Å². The Kier molecular flexibility index (Phi) is 4.82. The molecule has 0 spiro atoms. The molecule has 0 bridgehead atoms. The molecular formula is C15H21NO5. The number of aliphatic hydroxyl groups excluding tert-OH is 3. The van der Waals surface area contributed by atoms with Gasteiger partial charge in [0.05, 0.1) is 19.8 Å². The van der Waals surface area contributed by atoms with Crippen LogP contribution in [0.4, 0.5) is 0 Å². The average Bonchev–Trinajstić information content (AvgIpc) is 3.04. The normalized spacial score (nSPS) is 21.7. The topological polar surface area (TPSA) is 103 Å². The molecule has 1 aromatic rings. The van der Waals surface area contributed by atoms with Gasteiger partial charge in [0.2, 0.25) is 5.91 Å². The van der Waals surface area contributed by atoms with E-state index < -0.39 is 31.3 Å². The molecule has 6 heteroatoms. The second-order valence-corrected chi connectivity index (χ2v) is 5.64. The summed E-state index contributed by atoms with van der Waals surface area (Å²) in [6.07, 6.45) is 3.89. The van der Waals surface area contributed by atoms with Crippen LogP contribution in [0.1, 0.15) is 30.8 Å². The molecule has 1 amide bonds. The summed E-state index contributed by atoms with van der Waals surface area (Å²) < 4.78 is 5.62. The van der Waals surface area contributed by atoms with Crippen LogP contribution in [0.3, 0.4) is 0 Å². The largest absolute Gasteiger partial charge is 0.461 e. The smallest absolute Gasteiger partial charge is 0.244 e. The summed E-state index contributed by atoms with van der Waals surface area (Å²) in [5.74, 6) is 2.10. The number of hydrogen-bond donors (Lipinski definition) is 4. The van der Waals surface area contributed by atoms with Crippen molar-refractivity contribution in [3.05, 3.63) is 29.7 Å². The van der Waals surface area contributed by atoms with Crippen molar-refractivity contribution in [1.82, 2.24) is 5.32 Å². The molecule has 2 atom stereocenters. The third kappa shape index (κ3) is 3.72. The molecule has 1 aromatic heterocycles. The maximum absolute atomic E-state index is 11.7. The van der Waals surface area contributed by atoms with Gasteiger partial charge in [-0.3, -0.25) is 4.79 Å². The first-order valence-electron chi connectivity index (χ1n) is 6.96.